The Morgan fingerprint density at radius 3 is 2.31 bits per heavy atom. The fourth-order valence-electron chi connectivity index (χ4n) is 8.18. The van der Waals surface area contributed by atoms with E-state index >= 15 is 0 Å². The van der Waals surface area contributed by atoms with Crippen LogP contribution in [0, 0.1) is 17.8 Å². The summed E-state index contributed by atoms with van der Waals surface area (Å²) in [5.41, 5.74) is 6.35. The van der Waals surface area contributed by atoms with Gasteiger partial charge in [0.1, 0.15) is 11.3 Å². The van der Waals surface area contributed by atoms with Crippen molar-refractivity contribution in [2.75, 3.05) is 34.9 Å². The Labute approximate surface area is 339 Å². The van der Waals surface area contributed by atoms with Gasteiger partial charge in [0.25, 0.3) is 0 Å². The molecule has 11 nitrogen and oxygen atoms in total. The van der Waals surface area contributed by atoms with E-state index in [1.165, 1.54) is 5.56 Å². The van der Waals surface area contributed by atoms with Crippen LogP contribution in [-0.2, 0) is 30.3 Å². The van der Waals surface area contributed by atoms with Gasteiger partial charge in [-0.3, -0.25) is 9.59 Å². The summed E-state index contributed by atoms with van der Waals surface area (Å²) in [6.45, 7) is 11.0. The van der Waals surface area contributed by atoms with Crippen LogP contribution >= 0.6 is 23.6 Å². The molecule has 0 bridgehead atoms. The van der Waals surface area contributed by atoms with Gasteiger partial charge in [0, 0.05) is 45.3 Å². The first-order chi connectivity index (χ1) is 26.2. The number of nitrogens with one attached hydrogen (secondary N) is 2. The molecule has 0 radical (unpaired) electrons. The van der Waals surface area contributed by atoms with Gasteiger partial charge in [0.15, 0.2) is 0 Å². The number of likely N-dealkylation sites (tertiary alicyclic amines) is 1. The fourth-order valence-corrected chi connectivity index (χ4v) is 9.14. The molecule has 8 unspecified atom stereocenters. The number of carbonyl (C=O) groups is 3. The van der Waals surface area contributed by atoms with Crippen molar-refractivity contribution >= 4 is 46.6 Å². The van der Waals surface area contributed by atoms with Crippen molar-refractivity contribution < 1.29 is 23.9 Å². The van der Waals surface area contributed by atoms with E-state index in [9.17, 15) is 14.4 Å². The number of aromatic nitrogens is 1. The van der Waals surface area contributed by atoms with Crippen molar-refractivity contribution in [1.82, 2.24) is 25.4 Å². The van der Waals surface area contributed by atoms with Gasteiger partial charge in [-0.25, -0.2) is 4.98 Å². The first-order valence-electron chi connectivity index (χ1n) is 20.0. The molecule has 4 rings (SSSR count). The highest BCUT2D eigenvalue weighted by molar-refractivity contribution is 7.80. The number of amides is 2. The second kappa shape index (κ2) is 22.8. The van der Waals surface area contributed by atoms with Gasteiger partial charge < -0.3 is 40.4 Å². The molecule has 308 valence electrons. The van der Waals surface area contributed by atoms with E-state index in [0.717, 1.165) is 62.7 Å². The molecule has 1 aromatic heterocycles. The highest BCUT2D eigenvalue weighted by Crippen LogP contribution is 2.31. The Morgan fingerprint density at radius 2 is 1.80 bits per heavy atom. The summed E-state index contributed by atoms with van der Waals surface area (Å²) in [6.07, 6.45) is 9.51. The molecule has 2 fully saturated rings. The number of thiocarbonyl (C=S) groups is 1. The maximum absolute atomic E-state index is 14.1. The van der Waals surface area contributed by atoms with Crippen LogP contribution in [0.2, 0.25) is 0 Å². The first kappa shape index (κ1) is 46.6. The molecule has 1 aliphatic carbocycles. The molecule has 4 N–H and O–H groups in total. The van der Waals surface area contributed by atoms with Gasteiger partial charge >= 0.3 is 0 Å². The van der Waals surface area contributed by atoms with Crippen LogP contribution in [0.5, 0.6) is 0 Å². The van der Waals surface area contributed by atoms with Crippen molar-refractivity contribution in [2.24, 2.45) is 23.5 Å². The quantitative estimate of drug-likeness (QED) is 0.115. The molecule has 1 saturated carbocycles. The first-order valence-corrected chi connectivity index (χ1v) is 21.3. The van der Waals surface area contributed by atoms with Crippen LogP contribution in [-0.4, -0.2) is 109 Å². The van der Waals surface area contributed by atoms with Crippen molar-refractivity contribution in [2.45, 2.75) is 134 Å². The number of likely N-dealkylation sites (N-methyl/N-ethyl adjacent to an activating group) is 2. The normalized spacial score (nSPS) is 20.3. The molecule has 2 heterocycles. The molecular formula is C42H68N6O5S2. The minimum Gasteiger partial charge on any atom is -0.379 e. The molecule has 2 aliphatic rings. The number of carbonyl (C=O) groups excluding carboxylic acids is 3. The lowest BCUT2D eigenvalue weighted by Gasteiger charge is -2.40. The highest BCUT2D eigenvalue weighted by Gasteiger charge is 2.42. The average Bonchev–Trinajstić information content (AvgIpc) is 3.99. The molecule has 13 heteroatoms. The maximum atomic E-state index is 14.1. The number of aldehydes is 1. The maximum Gasteiger partial charge on any atom is 0.240 e. The van der Waals surface area contributed by atoms with E-state index in [1.54, 1.807) is 30.5 Å². The van der Waals surface area contributed by atoms with E-state index in [2.05, 4.69) is 48.5 Å². The zero-order valence-corrected chi connectivity index (χ0v) is 36.3. The molecule has 1 aliphatic heterocycles. The lowest BCUT2D eigenvalue weighted by atomic mass is 9.89. The summed E-state index contributed by atoms with van der Waals surface area (Å²) in [5, 5.41) is 9.74. The van der Waals surface area contributed by atoms with Gasteiger partial charge in [0.2, 0.25) is 11.8 Å². The van der Waals surface area contributed by atoms with Crippen molar-refractivity contribution in [3.05, 3.63) is 52.5 Å². The molecule has 0 spiro atoms. The number of thiazole rings is 1. The van der Waals surface area contributed by atoms with Crippen LogP contribution in [0.15, 0.2) is 41.9 Å². The molecule has 1 saturated heterocycles. The van der Waals surface area contributed by atoms with Gasteiger partial charge in [-0.15, -0.1) is 11.3 Å². The molecule has 1 aromatic carbocycles. The summed E-state index contributed by atoms with van der Waals surface area (Å²) < 4.78 is 12.1. The largest absolute Gasteiger partial charge is 0.379 e. The minimum atomic E-state index is -0.449. The van der Waals surface area contributed by atoms with E-state index in [0.29, 0.717) is 11.5 Å². The smallest absolute Gasteiger partial charge is 0.240 e. The molecule has 2 aromatic rings. The van der Waals surface area contributed by atoms with Gasteiger partial charge in [-0.2, -0.15) is 0 Å². The Kier molecular flexibility index (Phi) is 19.3. The third kappa shape index (κ3) is 12.8. The molecule has 8 atom stereocenters. The molecule has 55 heavy (non-hydrogen) atoms. The number of methoxy groups -OCH3 is 2. The number of benzene rings is 1. The van der Waals surface area contributed by atoms with Crippen molar-refractivity contribution in [1.29, 1.82) is 0 Å². The Bertz CT molecular complexity index is 1460. The highest BCUT2D eigenvalue weighted by atomic mass is 32.1. The monoisotopic (exact) mass is 800 g/mol. The summed E-state index contributed by atoms with van der Waals surface area (Å²) in [5.74, 6) is 0.150. The van der Waals surface area contributed by atoms with Crippen LogP contribution in [0.4, 0.5) is 0 Å². The fraction of sp³-hybridized carbons (Fsp3) is 0.690. The predicted octanol–water partition coefficient (Wildman–Crippen LogP) is 5.97. The van der Waals surface area contributed by atoms with Gasteiger partial charge in [-0.05, 0) is 56.6 Å². The number of hydrogen-bond acceptors (Lipinski definition) is 10. The third-order valence-corrected chi connectivity index (χ3v) is 13.0. The van der Waals surface area contributed by atoms with E-state index in [4.69, 9.17) is 27.4 Å². The lowest BCUT2D eigenvalue weighted by molar-refractivity contribution is -0.145. The lowest BCUT2D eigenvalue weighted by Crippen LogP contribution is -2.56. The molecule has 2 amide bonds. The Morgan fingerprint density at radius 1 is 1.13 bits per heavy atom. The number of rotatable bonds is 19. The predicted molar refractivity (Wildman–Crippen MR) is 226 cm³/mol. The summed E-state index contributed by atoms with van der Waals surface area (Å²) in [7, 11) is 7.01. The molecular weight excluding hydrogens is 733 g/mol. The zero-order valence-electron chi connectivity index (χ0n) is 34.7. The van der Waals surface area contributed by atoms with E-state index in [-0.39, 0.29) is 66.3 Å². The van der Waals surface area contributed by atoms with Gasteiger partial charge in [-0.1, -0.05) is 96.4 Å². The SMILES string of the molecule is CCC(C)C(C(CC(=O)N1CCCC1C(OC)C(C)C(=S)NC(Cc1ccccc1)c1nccs1)OC)N(C)C(=O)C(NC)C(C)C.NC1(C=O)CCCC1. The number of ether oxygens (including phenoxy) is 2. The second-order valence-electron chi connectivity index (χ2n) is 15.8. The van der Waals surface area contributed by atoms with Crippen molar-refractivity contribution in [3.63, 3.8) is 0 Å². The number of nitrogens with zero attached hydrogens (tertiary/aromatic N) is 3. The Balaban J connectivity index is 0.000000897. The third-order valence-electron chi connectivity index (χ3n) is 11.6. The van der Waals surface area contributed by atoms with Crippen LogP contribution in [0.25, 0.3) is 0 Å². The number of nitrogens with two attached hydrogens (primary N) is 1. The number of hydrogen-bond donors (Lipinski definition) is 3. The topological polar surface area (TPSA) is 139 Å². The minimum absolute atomic E-state index is 0.0129. The summed E-state index contributed by atoms with van der Waals surface area (Å²) in [4.78, 5) is 46.9. The average molecular weight is 801 g/mol. The second-order valence-corrected chi connectivity index (χ2v) is 17.1. The Hall–Kier alpha value is -2.81. The zero-order chi connectivity index (χ0) is 40.7. The summed E-state index contributed by atoms with van der Waals surface area (Å²) in [6, 6.07) is 9.58. The van der Waals surface area contributed by atoms with Crippen LogP contribution < -0.4 is 16.4 Å². The van der Waals surface area contributed by atoms with Crippen LogP contribution in [0.1, 0.15) is 103 Å². The summed E-state index contributed by atoms with van der Waals surface area (Å²) >= 11 is 7.62. The standard InChI is InChI=1S/C36H57N5O4S2.C6H11NO/c1-10-24(4)32(40(7)36(43)31(37-6)23(2)3)29(44-8)22-30(42)41-19-14-17-28(41)33(45-9)25(5)34(46)39-27(35-38-18-20-47-35)21-26-15-12-11-13-16-26;7-6(5-8)3-1-2-4-6/h11-13,15-16,18,20,23-25,27-29,31-33,37H,10,14,17,19,21-22H2,1-9H3,(H,39,46);5H,1-4,7H2. The van der Waals surface area contributed by atoms with E-state index in [1.807, 2.05) is 62.6 Å². The van der Waals surface area contributed by atoms with Gasteiger partial charge in [0.05, 0.1) is 53.3 Å². The van der Waals surface area contributed by atoms with Crippen LogP contribution in [0.3, 0.4) is 0 Å². The van der Waals surface area contributed by atoms with E-state index < -0.39 is 11.6 Å². The van der Waals surface area contributed by atoms with Crippen molar-refractivity contribution in [3.8, 4) is 0 Å².